The Morgan fingerprint density at radius 2 is 1.76 bits per heavy atom. The van der Waals surface area contributed by atoms with Gasteiger partial charge >= 0.3 is 5.97 Å². The standard InChI is InChI=1S/C26H27N3O3S/c1-4-21-23(25(31)32-3)24(19-13-9-6-10-14-19)29-20(17-33-26(29)27-21)15-22(30)28(2)16-18-11-7-5-8-12-18/h5-14,17,24H,4,15-16H2,1-3H3/t24-/m0/s1. The number of aliphatic imine (C=N–C) groups is 1. The Bertz CT molecular complexity index is 1130. The van der Waals surface area contributed by atoms with E-state index < -0.39 is 12.0 Å². The molecule has 2 aromatic rings. The number of allylic oxidation sites excluding steroid dienone is 1. The van der Waals surface area contributed by atoms with E-state index in [1.54, 1.807) is 4.90 Å². The summed E-state index contributed by atoms with van der Waals surface area (Å²) in [6, 6.07) is 19.4. The van der Waals surface area contributed by atoms with Gasteiger partial charge in [0.05, 0.1) is 30.8 Å². The van der Waals surface area contributed by atoms with Crippen LogP contribution in [0.25, 0.3) is 0 Å². The quantitative estimate of drug-likeness (QED) is 0.551. The van der Waals surface area contributed by atoms with Crippen LogP contribution < -0.4 is 0 Å². The molecule has 0 bridgehead atoms. The van der Waals surface area contributed by atoms with Crippen LogP contribution in [0.2, 0.25) is 0 Å². The van der Waals surface area contributed by atoms with Crippen molar-refractivity contribution in [2.24, 2.45) is 4.99 Å². The summed E-state index contributed by atoms with van der Waals surface area (Å²) in [5, 5.41) is 2.75. The second kappa shape index (κ2) is 10.1. The number of methoxy groups -OCH3 is 1. The minimum absolute atomic E-state index is 0.00338. The zero-order valence-electron chi connectivity index (χ0n) is 19.0. The Labute approximate surface area is 198 Å². The highest BCUT2D eigenvalue weighted by molar-refractivity contribution is 8.16. The normalized spacial score (nSPS) is 17.3. The molecule has 0 radical (unpaired) electrons. The van der Waals surface area contributed by atoms with Crippen molar-refractivity contribution >= 4 is 28.8 Å². The number of fused-ring (bicyclic) bond motifs is 1. The third kappa shape index (κ3) is 4.73. The SMILES string of the molecule is CCC1=C(C(=O)OC)[C@H](c2ccccc2)N2C(CC(=O)N(C)Cc3ccccc3)=CSC2=N1. The molecule has 7 heteroatoms. The van der Waals surface area contributed by atoms with Crippen molar-refractivity contribution in [3.63, 3.8) is 0 Å². The number of ether oxygens (including phenoxy) is 1. The minimum Gasteiger partial charge on any atom is -0.466 e. The Balaban J connectivity index is 1.64. The molecular weight excluding hydrogens is 434 g/mol. The molecule has 1 atom stereocenters. The molecule has 1 amide bonds. The largest absolute Gasteiger partial charge is 0.466 e. The average Bonchev–Trinajstić information content (AvgIpc) is 3.25. The highest BCUT2D eigenvalue weighted by Crippen LogP contribution is 2.45. The Morgan fingerprint density at radius 1 is 1.09 bits per heavy atom. The molecule has 2 aliphatic heterocycles. The molecule has 0 aromatic heterocycles. The molecule has 0 N–H and O–H groups in total. The smallest absolute Gasteiger partial charge is 0.338 e. The summed E-state index contributed by atoms with van der Waals surface area (Å²) < 4.78 is 5.15. The fraction of sp³-hybridized carbons (Fsp3) is 0.269. The first-order chi connectivity index (χ1) is 16.0. The van der Waals surface area contributed by atoms with Crippen molar-refractivity contribution in [1.82, 2.24) is 9.80 Å². The topological polar surface area (TPSA) is 62.2 Å². The van der Waals surface area contributed by atoms with E-state index in [1.807, 2.05) is 84.9 Å². The van der Waals surface area contributed by atoms with Gasteiger partial charge in [0.25, 0.3) is 0 Å². The van der Waals surface area contributed by atoms with Gasteiger partial charge in [-0.25, -0.2) is 9.79 Å². The number of nitrogens with zero attached hydrogens (tertiary/aromatic N) is 3. The number of carbonyl (C=O) groups is 2. The van der Waals surface area contributed by atoms with Gasteiger partial charge in [0.2, 0.25) is 5.91 Å². The average molecular weight is 462 g/mol. The first-order valence-corrected chi connectivity index (χ1v) is 11.8. The number of amidine groups is 1. The minimum atomic E-state index is -0.396. The monoisotopic (exact) mass is 461 g/mol. The van der Waals surface area contributed by atoms with Crippen LogP contribution >= 0.6 is 11.8 Å². The molecule has 2 aromatic carbocycles. The first kappa shape index (κ1) is 22.9. The van der Waals surface area contributed by atoms with E-state index in [9.17, 15) is 9.59 Å². The zero-order chi connectivity index (χ0) is 23.4. The predicted molar refractivity (Wildman–Crippen MR) is 131 cm³/mol. The van der Waals surface area contributed by atoms with E-state index in [1.165, 1.54) is 18.9 Å². The van der Waals surface area contributed by atoms with Crippen LogP contribution in [0.5, 0.6) is 0 Å². The maximum Gasteiger partial charge on any atom is 0.338 e. The van der Waals surface area contributed by atoms with Gasteiger partial charge in [-0.05, 0) is 23.0 Å². The Kier molecular flexibility index (Phi) is 6.99. The molecule has 0 fully saturated rings. The fourth-order valence-electron chi connectivity index (χ4n) is 4.10. The summed E-state index contributed by atoms with van der Waals surface area (Å²) in [4.78, 5) is 34.5. The summed E-state index contributed by atoms with van der Waals surface area (Å²) in [5.41, 5.74) is 4.10. The molecule has 170 valence electrons. The number of amides is 1. The van der Waals surface area contributed by atoms with Crippen LogP contribution in [-0.4, -0.2) is 41.0 Å². The van der Waals surface area contributed by atoms with Gasteiger partial charge in [0.15, 0.2) is 5.17 Å². The number of esters is 1. The molecule has 0 spiro atoms. The molecule has 2 aliphatic rings. The number of hydrogen-bond acceptors (Lipinski definition) is 6. The van der Waals surface area contributed by atoms with E-state index in [0.717, 1.165) is 27.7 Å². The molecule has 2 heterocycles. The van der Waals surface area contributed by atoms with E-state index in [2.05, 4.69) is 0 Å². The van der Waals surface area contributed by atoms with Crippen LogP contribution in [-0.2, 0) is 20.9 Å². The lowest BCUT2D eigenvalue weighted by Gasteiger charge is -2.36. The van der Waals surface area contributed by atoms with Crippen molar-refractivity contribution < 1.29 is 14.3 Å². The van der Waals surface area contributed by atoms with Gasteiger partial charge in [-0.1, -0.05) is 79.3 Å². The lowest BCUT2D eigenvalue weighted by atomic mass is 9.93. The van der Waals surface area contributed by atoms with Crippen molar-refractivity contribution in [3.8, 4) is 0 Å². The molecule has 0 saturated carbocycles. The van der Waals surface area contributed by atoms with Gasteiger partial charge in [-0.2, -0.15) is 0 Å². The summed E-state index contributed by atoms with van der Waals surface area (Å²) in [6.07, 6.45) is 0.828. The van der Waals surface area contributed by atoms with E-state index in [-0.39, 0.29) is 12.3 Å². The third-order valence-corrected chi connectivity index (χ3v) is 6.65. The van der Waals surface area contributed by atoms with Crippen LogP contribution in [0.3, 0.4) is 0 Å². The molecule has 0 saturated heterocycles. The van der Waals surface area contributed by atoms with Crippen molar-refractivity contribution in [2.75, 3.05) is 14.2 Å². The van der Waals surface area contributed by atoms with Crippen molar-refractivity contribution in [3.05, 3.63) is 94.2 Å². The summed E-state index contributed by atoms with van der Waals surface area (Å²) >= 11 is 1.49. The van der Waals surface area contributed by atoms with E-state index in [0.29, 0.717) is 18.5 Å². The zero-order valence-corrected chi connectivity index (χ0v) is 19.8. The fourth-order valence-corrected chi connectivity index (χ4v) is 5.04. The molecule has 33 heavy (non-hydrogen) atoms. The number of thioether (sulfide) groups is 1. The highest BCUT2D eigenvalue weighted by atomic mass is 32.2. The van der Waals surface area contributed by atoms with Crippen molar-refractivity contribution in [2.45, 2.75) is 32.4 Å². The van der Waals surface area contributed by atoms with Crippen LogP contribution in [0.1, 0.15) is 36.9 Å². The number of carbonyl (C=O) groups excluding carboxylic acids is 2. The van der Waals surface area contributed by atoms with Crippen molar-refractivity contribution in [1.29, 1.82) is 0 Å². The molecule has 4 rings (SSSR count). The maximum absolute atomic E-state index is 13.1. The van der Waals surface area contributed by atoms with Crippen LogP contribution in [0, 0.1) is 0 Å². The Hall–Kier alpha value is -3.32. The summed E-state index contributed by atoms with van der Waals surface area (Å²) in [6.45, 7) is 2.52. The van der Waals surface area contributed by atoms with Gasteiger partial charge in [-0.15, -0.1) is 0 Å². The second-order valence-corrected chi connectivity index (χ2v) is 8.76. The predicted octanol–water partition coefficient (Wildman–Crippen LogP) is 4.87. The molecular formula is C26H27N3O3S. The van der Waals surface area contributed by atoms with Gasteiger partial charge < -0.3 is 14.5 Å². The van der Waals surface area contributed by atoms with Gasteiger partial charge in [-0.3, -0.25) is 4.79 Å². The number of rotatable bonds is 7. The highest BCUT2D eigenvalue weighted by Gasteiger charge is 2.41. The first-order valence-electron chi connectivity index (χ1n) is 10.9. The third-order valence-electron chi connectivity index (χ3n) is 5.77. The maximum atomic E-state index is 13.1. The lowest BCUT2D eigenvalue weighted by molar-refractivity contribution is -0.136. The second-order valence-electron chi connectivity index (χ2n) is 7.92. The summed E-state index contributed by atoms with van der Waals surface area (Å²) in [7, 11) is 3.20. The van der Waals surface area contributed by atoms with Crippen LogP contribution in [0.15, 0.2) is 88.0 Å². The number of benzene rings is 2. The number of hydrogen-bond donors (Lipinski definition) is 0. The van der Waals surface area contributed by atoms with E-state index in [4.69, 9.17) is 9.73 Å². The Morgan fingerprint density at radius 3 is 2.39 bits per heavy atom. The van der Waals surface area contributed by atoms with Gasteiger partial charge in [0, 0.05) is 19.3 Å². The molecule has 6 nitrogen and oxygen atoms in total. The van der Waals surface area contributed by atoms with E-state index >= 15 is 0 Å². The molecule has 0 aliphatic carbocycles. The molecule has 0 unspecified atom stereocenters. The lowest BCUT2D eigenvalue weighted by Crippen LogP contribution is -2.38. The van der Waals surface area contributed by atoms with Crippen LogP contribution in [0.4, 0.5) is 0 Å². The summed E-state index contributed by atoms with van der Waals surface area (Å²) in [5.74, 6) is -0.393. The van der Waals surface area contributed by atoms with Gasteiger partial charge in [0.1, 0.15) is 0 Å².